The van der Waals surface area contributed by atoms with Crippen LogP contribution in [0.5, 0.6) is 5.75 Å². The summed E-state index contributed by atoms with van der Waals surface area (Å²) in [5.41, 5.74) is 1.01. The molecule has 0 radical (unpaired) electrons. The molecular formula is C18H26F3N5O2. The molecule has 0 spiro atoms. The summed E-state index contributed by atoms with van der Waals surface area (Å²) in [4.78, 5) is 20.9. The predicted octanol–water partition coefficient (Wildman–Crippen LogP) is 1.41. The Morgan fingerprint density at radius 3 is 2.46 bits per heavy atom. The van der Waals surface area contributed by atoms with Gasteiger partial charge in [0.1, 0.15) is 12.3 Å². The van der Waals surface area contributed by atoms with E-state index in [1.807, 2.05) is 29.2 Å². The lowest BCUT2D eigenvalue weighted by Crippen LogP contribution is -2.54. The molecule has 1 heterocycles. The molecule has 7 nitrogen and oxygen atoms in total. The number of anilines is 1. The summed E-state index contributed by atoms with van der Waals surface area (Å²) >= 11 is 0. The molecule has 2 rings (SSSR count). The fourth-order valence-corrected chi connectivity index (χ4v) is 3.03. The number of halogens is 3. The fourth-order valence-electron chi connectivity index (χ4n) is 3.03. The number of ether oxygens (including phenoxy) is 1. The summed E-state index contributed by atoms with van der Waals surface area (Å²) in [5.74, 6) is 0.649. The zero-order valence-electron chi connectivity index (χ0n) is 16.3. The fraction of sp³-hybridized carbons (Fsp3) is 0.556. The van der Waals surface area contributed by atoms with Gasteiger partial charge < -0.3 is 24.8 Å². The molecule has 1 N–H and O–H groups in total. The van der Waals surface area contributed by atoms with Crippen LogP contribution in [0.3, 0.4) is 0 Å². The van der Waals surface area contributed by atoms with E-state index in [0.717, 1.165) is 31.6 Å². The van der Waals surface area contributed by atoms with Gasteiger partial charge in [0.05, 0.1) is 19.3 Å². The van der Waals surface area contributed by atoms with Gasteiger partial charge in [0, 0.05) is 40.3 Å². The number of carbonyl (C=O) groups excluding carboxylic acids is 1. The van der Waals surface area contributed by atoms with Crippen molar-refractivity contribution in [3.63, 3.8) is 0 Å². The monoisotopic (exact) mass is 401 g/mol. The van der Waals surface area contributed by atoms with Crippen molar-refractivity contribution < 1.29 is 22.7 Å². The minimum absolute atomic E-state index is 0.244. The molecule has 1 aliphatic rings. The van der Waals surface area contributed by atoms with Crippen LogP contribution >= 0.6 is 0 Å². The summed E-state index contributed by atoms with van der Waals surface area (Å²) in [6.45, 7) is 1.25. The zero-order chi connectivity index (χ0) is 20.7. The van der Waals surface area contributed by atoms with E-state index < -0.39 is 18.6 Å². The lowest BCUT2D eigenvalue weighted by Gasteiger charge is -2.38. The van der Waals surface area contributed by atoms with E-state index in [4.69, 9.17) is 4.74 Å². The Hall–Kier alpha value is -2.65. The topological polar surface area (TPSA) is 60.4 Å². The molecule has 1 fully saturated rings. The van der Waals surface area contributed by atoms with Gasteiger partial charge in [0.2, 0.25) is 5.91 Å². The maximum absolute atomic E-state index is 12.4. The summed E-state index contributed by atoms with van der Waals surface area (Å²) in [6, 6.07) is 7.77. The Bertz CT molecular complexity index is 688. The molecule has 28 heavy (non-hydrogen) atoms. The summed E-state index contributed by atoms with van der Waals surface area (Å²) in [7, 11) is 4.35. The van der Waals surface area contributed by atoms with Crippen molar-refractivity contribution in [2.75, 3.05) is 65.4 Å². The SMILES string of the molecule is CN=C(NCC(=O)N(C)CC(F)(F)F)N1CCN(c2ccccc2OC)CC1. The Balaban J connectivity index is 1.87. The van der Waals surface area contributed by atoms with E-state index in [0.29, 0.717) is 23.9 Å². The average molecular weight is 401 g/mol. The van der Waals surface area contributed by atoms with Crippen molar-refractivity contribution in [3.05, 3.63) is 24.3 Å². The van der Waals surface area contributed by atoms with Gasteiger partial charge in [-0.25, -0.2) is 0 Å². The van der Waals surface area contributed by atoms with Crippen molar-refractivity contribution in [3.8, 4) is 5.75 Å². The molecule has 1 saturated heterocycles. The number of guanidine groups is 1. The maximum atomic E-state index is 12.4. The highest BCUT2D eigenvalue weighted by molar-refractivity contribution is 5.86. The van der Waals surface area contributed by atoms with Crippen molar-refractivity contribution in [2.45, 2.75) is 6.18 Å². The van der Waals surface area contributed by atoms with E-state index in [9.17, 15) is 18.0 Å². The van der Waals surface area contributed by atoms with Gasteiger partial charge in [-0.2, -0.15) is 13.2 Å². The van der Waals surface area contributed by atoms with Crippen molar-refractivity contribution in [2.24, 2.45) is 4.99 Å². The number of alkyl halides is 3. The first-order valence-corrected chi connectivity index (χ1v) is 8.89. The van der Waals surface area contributed by atoms with E-state index in [2.05, 4.69) is 15.2 Å². The minimum atomic E-state index is -4.42. The first-order valence-electron chi connectivity index (χ1n) is 8.89. The van der Waals surface area contributed by atoms with Crippen LogP contribution in [0.25, 0.3) is 0 Å². The number of nitrogens with one attached hydrogen (secondary N) is 1. The summed E-state index contributed by atoms with van der Waals surface area (Å²) in [6.07, 6.45) is -4.42. The lowest BCUT2D eigenvalue weighted by molar-refractivity contribution is -0.157. The third kappa shape index (κ3) is 5.93. The minimum Gasteiger partial charge on any atom is -0.495 e. The number of amides is 1. The molecule has 1 amide bonds. The molecule has 0 atom stereocenters. The number of likely N-dealkylation sites (N-methyl/N-ethyl adjacent to an activating group) is 1. The molecule has 0 aromatic heterocycles. The number of hydrogen-bond acceptors (Lipinski definition) is 4. The van der Waals surface area contributed by atoms with Crippen LogP contribution < -0.4 is 15.0 Å². The average Bonchev–Trinajstić information content (AvgIpc) is 2.67. The zero-order valence-corrected chi connectivity index (χ0v) is 16.3. The second-order valence-corrected chi connectivity index (χ2v) is 6.41. The highest BCUT2D eigenvalue weighted by Crippen LogP contribution is 2.28. The van der Waals surface area contributed by atoms with Gasteiger partial charge in [0.25, 0.3) is 0 Å². The standard InChI is InChI=1S/C18H26F3N5O2/c1-22-17(23-12-16(27)24(2)13-18(19,20)21)26-10-8-25(9-11-26)14-6-4-5-7-15(14)28-3/h4-7H,8-13H2,1-3H3,(H,22,23). The largest absolute Gasteiger partial charge is 0.495 e. The van der Waals surface area contributed by atoms with Gasteiger partial charge in [-0.1, -0.05) is 12.1 Å². The van der Waals surface area contributed by atoms with Crippen molar-refractivity contribution in [1.82, 2.24) is 15.1 Å². The van der Waals surface area contributed by atoms with Crippen LogP contribution in [0.15, 0.2) is 29.3 Å². The molecule has 1 aromatic carbocycles. The molecule has 1 aromatic rings. The Morgan fingerprint density at radius 2 is 1.89 bits per heavy atom. The van der Waals surface area contributed by atoms with Crippen LogP contribution in [-0.4, -0.2) is 88.3 Å². The van der Waals surface area contributed by atoms with Crippen LogP contribution in [-0.2, 0) is 4.79 Å². The second kappa shape index (κ2) is 9.52. The number of carbonyl (C=O) groups is 1. The summed E-state index contributed by atoms with van der Waals surface area (Å²) < 4.78 is 42.6. The number of methoxy groups -OCH3 is 1. The van der Waals surface area contributed by atoms with Gasteiger partial charge in [-0.15, -0.1) is 0 Å². The number of aliphatic imine (C=N–C) groups is 1. The number of benzene rings is 1. The van der Waals surface area contributed by atoms with Crippen LogP contribution in [0.1, 0.15) is 0 Å². The number of piperazine rings is 1. The van der Waals surface area contributed by atoms with Gasteiger partial charge >= 0.3 is 6.18 Å². The molecule has 1 aliphatic heterocycles. The highest BCUT2D eigenvalue weighted by Gasteiger charge is 2.31. The molecule has 0 unspecified atom stereocenters. The maximum Gasteiger partial charge on any atom is 0.406 e. The third-order valence-electron chi connectivity index (χ3n) is 4.46. The molecule has 0 saturated carbocycles. The molecular weight excluding hydrogens is 375 g/mol. The highest BCUT2D eigenvalue weighted by atomic mass is 19.4. The lowest BCUT2D eigenvalue weighted by atomic mass is 10.2. The molecule has 0 aliphatic carbocycles. The third-order valence-corrected chi connectivity index (χ3v) is 4.46. The Kier molecular flexibility index (Phi) is 7.36. The normalized spacial score (nSPS) is 15.4. The first-order chi connectivity index (χ1) is 13.2. The van der Waals surface area contributed by atoms with Crippen LogP contribution in [0.4, 0.5) is 18.9 Å². The predicted molar refractivity (Wildman–Crippen MR) is 102 cm³/mol. The summed E-state index contributed by atoms with van der Waals surface area (Å²) in [5, 5.41) is 2.86. The van der Waals surface area contributed by atoms with E-state index in [-0.39, 0.29) is 6.54 Å². The smallest absolute Gasteiger partial charge is 0.406 e. The number of rotatable bonds is 5. The molecule has 10 heteroatoms. The van der Waals surface area contributed by atoms with Gasteiger partial charge in [-0.05, 0) is 12.1 Å². The second-order valence-electron chi connectivity index (χ2n) is 6.41. The Morgan fingerprint density at radius 1 is 1.25 bits per heavy atom. The quantitative estimate of drug-likeness (QED) is 0.597. The van der Waals surface area contributed by atoms with Crippen LogP contribution in [0, 0.1) is 0 Å². The number of nitrogens with zero attached hydrogens (tertiary/aromatic N) is 4. The first kappa shape index (κ1) is 21.6. The van der Waals surface area contributed by atoms with Gasteiger partial charge in [0.15, 0.2) is 5.96 Å². The number of para-hydroxylation sites is 2. The van der Waals surface area contributed by atoms with E-state index >= 15 is 0 Å². The van der Waals surface area contributed by atoms with Crippen molar-refractivity contribution >= 4 is 17.6 Å². The van der Waals surface area contributed by atoms with Crippen molar-refractivity contribution in [1.29, 1.82) is 0 Å². The van der Waals surface area contributed by atoms with Gasteiger partial charge in [-0.3, -0.25) is 9.79 Å². The van der Waals surface area contributed by atoms with E-state index in [1.54, 1.807) is 14.2 Å². The van der Waals surface area contributed by atoms with E-state index in [1.165, 1.54) is 0 Å². The molecule has 156 valence electrons. The van der Waals surface area contributed by atoms with Crippen LogP contribution in [0.2, 0.25) is 0 Å². The Labute approximate surface area is 162 Å². The molecule has 0 bridgehead atoms. The number of hydrogen-bond donors (Lipinski definition) is 1.